The van der Waals surface area contributed by atoms with Crippen molar-refractivity contribution in [3.05, 3.63) is 24.0 Å². The first-order chi connectivity index (χ1) is 6.99. The maximum absolute atomic E-state index is 4.09. The second-order valence-corrected chi connectivity index (χ2v) is 4.79. The van der Waals surface area contributed by atoms with E-state index in [-0.39, 0.29) is 5.54 Å². The standard InChI is InChI=1S/C12H21N3/c1-10-5-6-13-9-11(10)14-7-8-15-12(2,3)4/h5-6,9,14-15H,7-8H2,1-4H3. The molecule has 0 aliphatic heterocycles. The highest BCUT2D eigenvalue weighted by Crippen LogP contribution is 2.10. The van der Waals surface area contributed by atoms with Crippen molar-refractivity contribution in [2.45, 2.75) is 33.2 Å². The zero-order valence-electron chi connectivity index (χ0n) is 10.1. The Morgan fingerprint density at radius 3 is 2.60 bits per heavy atom. The summed E-state index contributed by atoms with van der Waals surface area (Å²) in [4.78, 5) is 4.09. The molecule has 0 bridgehead atoms. The molecular weight excluding hydrogens is 186 g/mol. The van der Waals surface area contributed by atoms with Crippen LogP contribution in [-0.4, -0.2) is 23.6 Å². The highest BCUT2D eigenvalue weighted by Gasteiger charge is 2.07. The van der Waals surface area contributed by atoms with Gasteiger partial charge < -0.3 is 10.6 Å². The van der Waals surface area contributed by atoms with E-state index >= 15 is 0 Å². The van der Waals surface area contributed by atoms with E-state index in [4.69, 9.17) is 0 Å². The Morgan fingerprint density at radius 1 is 1.27 bits per heavy atom. The average Bonchev–Trinajstić information content (AvgIpc) is 2.13. The summed E-state index contributed by atoms with van der Waals surface area (Å²) in [5.74, 6) is 0. The molecule has 1 rings (SSSR count). The summed E-state index contributed by atoms with van der Waals surface area (Å²) < 4.78 is 0. The summed E-state index contributed by atoms with van der Waals surface area (Å²) in [5, 5.41) is 6.79. The van der Waals surface area contributed by atoms with Crippen LogP contribution in [0.5, 0.6) is 0 Å². The fraction of sp³-hybridized carbons (Fsp3) is 0.583. The van der Waals surface area contributed by atoms with E-state index in [0.29, 0.717) is 0 Å². The van der Waals surface area contributed by atoms with Gasteiger partial charge in [-0.05, 0) is 39.3 Å². The fourth-order valence-corrected chi connectivity index (χ4v) is 1.28. The highest BCUT2D eigenvalue weighted by atomic mass is 15.0. The molecule has 2 N–H and O–H groups in total. The predicted octanol–water partition coefficient (Wildman–Crippen LogP) is 2.19. The zero-order chi connectivity index (χ0) is 11.3. The molecule has 0 aromatic carbocycles. The molecule has 3 nitrogen and oxygen atoms in total. The van der Waals surface area contributed by atoms with Crippen LogP contribution >= 0.6 is 0 Å². The van der Waals surface area contributed by atoms with Gasteiger partial charge in [-0.3, -0.25) is 4.98 Å². The molecule has 0 radical (unpaired) electrons. The molecule has 3 heteroatoms. The molecule has 1 aromatic heterocycles. The zero-order valence-corrected chi connectivity index (χ0v) is 10.1. The lowest BCUT2D eigenvalue weighted by Gasteiger charge is -2.20. The summed E-state index contributed by atoms with van der Waals surface area (Å²) in [6.07, 6.45) is 3.68. The number of nitrogens with zero attached hydrogens (tertiary/aromatic N) is 1. The second-order valence-electron chi connectivity index (χ2n) is 4.79. The van der Waals surface area contributed by atoms with Crippen molar-refractivity contribution < 1.29 is 0 Å². The Bertz CT molecular complexity index is 302. The number of aromatic nitrogens is 1. The van der Waals surface area contributed by atoms with Crippen LogP contribution in [0.15, 0.2) is 18.5 Å². The monoisotopic (exact) mass is 207 g/mol. The Kier molecular flexibility index (Phi) is 4.09. The third kappa shape index (κ3) is 4.79. The van der Waals surface area contributed by atoms with Crippen LogP contribution in [0.2, 0.25) is 0 Å². The molecule has 0 saturated carbocycles. The molecule has 15 heavy (non-hydrogen) atoms. The van der Waals surface area contributed by atoms with Crippen LogP contribution in [0, 0.1) is 6.92 Å². The van der Waals surface area contributed by atoms with E-state index in [2.05, 4.69) is 43.3 Å². The average molecular weight is 207 g/mol. The van der Waals surface area contributed by atoms with Crippen molar-refractivity contribution in [3.8, 4) is 0 Å². The number of pyridine rings is 1. The lowest BCUT2D eigenvalue weighted by Crippen LogP contribution is -2.38. The maximum atomic E-state index is 4.09. The van der Waals surface area contributed by atoms with Crippen molar-refractivity contribution in [3.63, 3.8) is 0 Å². The molecule has 0 spiro atoms. The molecular formula is C12H21N3. The number of aryl methyl sites for hydroxylation is 1. The van der Waals surface area contributed by atoms with Crippen molar-refractivity contribution in [2.75, 3.05) is 18.4 Å². The SMILES string of the molecule is Cc1ccncc1NCCNC(C)(C)C. The van der Waals surface area contributed by atoms with Crippen LogP contribution in [-0.2, 0) is 0 Å². The summed E-state index contributed by atoms with van der Waals surface area (Å²) >= 11 is 0. The van der Waals surface area contributed by atoms with Gasteiger partial charge in [-0.15, -0.1) is 0 Å². The number of hydrogen-bond donors (Lipinski definition) is 2. The topological polar surface area (TPSA) is 37.0 Å². The molecule has 0 amide bonds. The van der Waals surface area contributed by atoms with Crippen LogP contribution < -0.4 is 10.6 Å². The molecule has 0 atom stereocenters. The molecule has 1 heterocycles. The molecule has 84 valence electrons. The van der Waals surface area contributed by atoms with Gasteiger partial charge in [-0.1, -0.05) is 0 Å². The first-order valence-corrected chi connectivity index (χ1v) is 5.38. The van der Waals surface area contributed by atoms with Crippen LogP contribution in [0.25, 0.3) is 0 Å². The fourth-order valence-electron chi connectivity index (χ4n) is 1.28. The minimum absolute atomic E-state index is 0.186. The van der Waals surface area contributed by atoms with E-state index in [9.17, 15) is 0 Å². The van der Waals surface area contributed by atoms with Crippen LogP contribution in [0.4, 0.5) is 5.69 Å². The molecule has 0 saturated heterocycles. The number of hydrogen-bond acceptors (Lipinski definition) is 3. The van der Waals surface area contributed by atoms with Gasteiger partial charge in [-0.2, -0.15) is 0 Å². The van der Waals surface area contributed by atoms with Gasteiger partial charge in [0.25, 0.3) is 0 Å². The lowest BCUT2D eigenvalue weighted by molar-refractivity contribution is 0.435. The summed E-state index contributed by atoms with van der Waals surface area (Å²) in [7, 11) is 0. The van der Waals surface area contributed by atoms with Gasteiger partial charge >= 0.3 is 0 Å². The van der Waals surface area contributed by atoms with Gasteiger partial charge in [0, 0.05) is 24.8 Å². The maximum Gasteiger partial charge on any atom is 0.0556 e. The summed E-state index contributed by atoms with van der Waals surface area (Å²) in [5.41, 5.74) is 2.54. The largest absolute Gasteiger partial charge is 0.382 e. The van der Waals surface area contributed by atoms with Gasteiger partial charge in [0.15, 0.2) is 0 Å². The van der Waals surface area contributed by atoms with E-state index in [1.54, 1.807) is 0 Å². The predicted molar refractivity (Wildman–Crippen MR) is 65.2 cm³/mol. The Labute approximate surface area is 92.3 Å². The number of anilines is 1. The van der Waals surface area contributed by atoms with Gasteiger partial charge in [0.05, 0.1) is 11.9 Å². The second kappa shape index (κ2) is 5.12. The van der Waals surface area contributed by atoms with E-state index in [1.165, 1.54) is 5.56 Å². The Balaban J connectivity index is 2.30. The van der Waals surface area contributed by atoms with Crippen molar-refractivity contribution in [1.82, 2.24) is 10.3 Å². The normalized spacial score (nSPS) is 11.5. The van der Waals surface area contributed by atoms with Crippen molar-refractivity contribution in [2.24, 2.45) is 0 Å². The molecule has 0 unspecified atom stereocenters. The first-order valence-electron chi connectivity index (χ1n) is 5.38. The van der Waals surface area contributed by atoms with Crippen molar-refractivity contribution in [1.29, 1.82) is 0 Å². The summed E-state index contributed by atoms with van der Waals surface area (Å²) in [6, 6.07) is 2.01. The van der Waals surface area contributed by atoms with Gasteiger partial charge in [0.1, 0.15) is 0 Å². The van der Waals surface area contributed by atoms with E-state index in [0.717, 1.165) is 18.8 Å². The third-order valence-corrected chi connectivity index (χ3v) is 2.13. The molecule has 0 aliphatic rings. The molecule has 0 aliphatic carbocycles. The molecule has 1 aromatic rings. The van der Waals surface area contributed by atoms with Gasteiger partial charge in [-0.25, -0.2) is 0 Å². The van der Waals surface area contributed by atoms with Crippen LogP contribution in [0.1, 0.15) is 26.3 Å². The smallest absolute Gasteiger partial charge is 0.0556 e. The number of nitrogens with one attached hydrogen (secondary N) is 2. The lowest BCUT2D eigenvalue weighted by atomic mass is 10.1. The number of rotatable bonds is 4. The van der Waals surface area contributed by atoms with Gasteiger partial charge in [0.2, 0.25) is 0 Å². The third-order valence-electron chi connectivity index (χ3n) is 2.13. The molecule has 0 fully saturated rings. The first kappa shape index (κ1) is 12.0. The minimum Gasteiger partial charge on any atom is -0.382 e. The summed E-state index contributed by atoms with van der Waals surface area (Å²) in [6.45, 7) is 10.5. The van der Waals surface area contributed by atoms with Crippen molar-refractivity contribution >= 4 is 5.69 Å². The quantitative estimate of drug-likeness (QED) is 0.743. The Hall–Kier alpha value is -1.09. The van der Waals surface area contributed by atoms with Crippen LogP contribution in [0.3, 0.4) is 0 Å². The van der Waals surface area contributed by atoms with E-state index in [1.807, 2.05) is 18.5 Å². The minimum atomic E-state index is 0.186. The van der Waals surface area contributed by atoms with E-state index < -0.39 is 0 Å². The Morgan fingerprint density at radius 2 is 2.00 bits per heavy atom. The highest BCUT2D eigenvalue weighted by molar-refractivity contribution is 5.47.